The zero-order chi connectivity index (χ0) is 14.6. The summed E-state index contributed by atoms with van der Waals surface area (Å²) in [6.07, 6.45) is 1.66. The maximum atomic E-state index is 12.2. The zero-order valence-corrected chi connectivity index (χ0v) is 11.6. The summed E-state index contributed by atoms with van der Waals surface area (Å²) in [5.74, 6) is -0.657. The van der Waals surface area contributed by atoms with Gasteiger partial charge in [-0.3, -0.25) is 9.59 Å². The molecule has 0 fully saturated rings. The van der Waals surface area contributed by atoms with E-state index in [1.54, 1.807) is 32.2 Å². The van der Waals surface area contributed by atoms with Crippen LogP contribution in [0.3, 0.4) is 0 Å². The second kappa shape index (κ2) is 5.74. The van der Waals surface area contributed by atoms with Gasteiger partial charge in [-0.2, -0.15) is 0 Å². The molecule has 0 unspecified atom stereocenters. The van der Waals surface area contributed by atoms with Gasteiger partial charge in [0.25, 0.3) is 0 Å². The van der Waals surface area contributed by atoms with Gasteiger partial charge < -0.3 is 9.72 Å². The summed E-state index contributed by atoms with van der Waals surface area (Å²) in [6, 6.07) is 12.7. The van der Waals surface area contributed by atoms with E-state index in [2.05, 4.69) is 4.98 Å². The smallest absolute Gasteiger partial charge is 0.316 e. The SMILES string of the molecule is CC(C)(C(=O)OCC(=O)c1ccc[nH]1)c1ccccc1. The van der Waals surface area contributed by atoms with E-state index in [-0.39, 0.29) is 12.4 Å². The molecule has 2 rings (SSSR count). The van der Waals surface area contributed by atoms with Crippen LogP contribution in [0, 0.1) is 0 Å². The number of carbonyl (C=O) groups excluding carboxylic acids is 2. The molecular formula is C16H17NO3. The van der Waals surface area contributed by atoms with Crippen molar-refractivity contribution in [2.24, 2.45) is 0 Å². The number of Topliss-reactive ketones (excluding diaryl/α,β-unsaturated/α-hetero) is 1. The van der Waals surface area contributed by atoms with Crippen molar-refractivity contribution < 1.29 is 14.3 Å². The molecular weight excluding hydrogens is 254 g/mol. The van der Waals surface area contributed by atoms with Crippen LogP contribution >= 0.6 is 0 Å². The normalized spacial score (nSPS) is 11.1. The molecule has 0 spiro atoms. The average Bonchev–Trinajstić information content (AvgIpc) is 2.99. The Morgan fingerprint density at radius 3 is 2.40 bits per heavy atom. The molecule has 1 aromatic carbocycles. The number of carbonyl (C=O) groups is 2. The molecule has 2 aromatic rings. The van der Waals surface area contributed by atoms with Crippen LogP contribution in [0.25, 0.3) is 0 Å². The lowest BCUT2D eigenvalue weighted by molar-refractivity contribution is -0.148. The summed E-state index contributed by atoms with van der Waals surface area (Å²) in [7, 11) is 0. The van der Waals surface area contributed by atoms with E-state index in [1.807, 2.05) is 30.3 Å². The molecule has 104 valence electrons. The average molecular weight is 271 g/mol. The first-order valence-corrected chi connectivity index (χ1v) is 6.41. The molecule has 1 aromatic heterocycles. The Labute approximate surface area is 117 Å². The quantitative estimate of drug-likeness (QED) is 0.672. The van der Waals surface area contributed by atoms with Crippen molar-refractivity contribution in [3.8, 4) is 0 Å². The maximum Gasteiger partial charge on any atom is 0.316 e. The lowest BCUT2D eigenvalue weighted by Crippen LogP contribution is -2.32. The van der Waals surface area contributed by atoms with Crippen molar-refractivity contribution in [3.05, 3.63) is 59.9 Å². The lowest BCUT2D eigenvalue weighted by Gasteiger charge is -2.22. The summed E-state index contributed by atoms with van der Waals surface area (Å²) in [6.45, 7) is 3.31. The van der Waals surface area contributed by atoms with Crippen molar-refractivity contribution >= 4 is 11.8 Å². The fraction of sp³-hybridized carbons (Fsp3) is 0.250. The van der Waals surface area contributed by atoms with Crippen LogP contribution in [0.4, 0.5) is 0 Å². The molecule has 0 radical (unpaired) electrons. The number of aromatic nitrogens is 1. The van der Waals surface area contributed by atoms with Gasteiger partial charge in [-0.05, 0) is 31.5 Å². The Kier molecular flexibility index (Phi) is 4.03. The third-order valence-corrected chi connectivity index (χ3v) is 3.24. The minimum Gasteiger partial charge on any atom is -0.457 e. The number of hydrogen-bond donors (Lipinski definition) is 1. The van der Waals surface area contributed by atoms with E-state index >= 15 is 0 Å². The minimum absolute atomic E-state index is 0.243. The van der Waals surface area contributed by atoms with E-state index in [4.69, 9.17) is 4.74 Å². The molecule has 4 heteroatoms. The van der Waals surface area contributed by atoms with Crippen molar-refractivity contribution in [1.29, 1.82) is 0 Å². The number of esters is 1. The minimum atomic E-state index is -0.780. The predicted molar refractivity (Wildman–Crippen MR) is 75.6 cm³/mol. The number of rotatable bonds is 5. The fourth-order valence-electron chi connectivity index (χ4n) is 1.87. The fourth-order valence-corrected chi connectivity index (χ4v) is 1.87. The summed E-state index contributed by atoms with van der Waals surface area (Å²) < 4.78 is 5.14. The molecule has 4 nitrogen and oxygen atoms in total. The number of hydrogen-bond acceptors (Lipinski definition) is 3. The third-order valence-electron chi connectivity index (χ3n) is 3.24. The molecule has 0 amide bonds. The second-order valence-electron chi connectivity index (χ2n) is 5.07. The van der Waals surface area contributed by atoms with E-state index in [0.717, 1.165) is 5.56 Å². The number of H-pyrrole nitrogens is 1. The lowest BCUT2D eigenvalue weighted by atomic mass is 9.85. The van der Waals surface area contributed by atoms with Gasteiger partial charge in [0.05, 0.1) is 11.1 Å². The summed E-state index contributed by atoms with van der Waals surface area (Å²) in [4.78, 5) is 26.7. The Morgan fingerprint density at radius 1 is 1.10 bits per heavy atom. The monoisotopic (exact) mass is 271 g/mol. The number of benzene rings is 1. The molecule has 0 aliphatic carbocycles. The van der Waals surface area contributed by atoms with Gasteiger partial charge in [0.2, 0.25) is 5.78 Å². The standard InChI is InChI=1S/C16H17NO3/c1-16(2,12-7-4-3-5-8-12)15(19)20-11-14(18)13-9-6-10-17-13/h3-10,17H,11H2,1-2H3. The first-order valence-electron chi connectivity index (χ1n) is 6.41. The molecule has 0 aliphatic heterocycles. The molecule has 20 heavy (non-hydrogen) atoms. The van der Waals surface area contributed by atoms with Gasteiger partial charge in [-0.25, -0.2) is 0 Å². The van der Waals surface area contributed by atoms with Crippen molar-refractivity contribution in [3.63, 3.8) is 0 Å². The largest absolute Gasteiger partial charge is 0.457 e. The number of ether oxygens (including phenoxy) is 1. The first kappa shape index (κ1) is 14.1. The predicted octanol–water partition coefficient (Wildman–Crippen LogP) is 2.72. The van der Waals surface area contributed by atoms with E-state index in [9.17, 15) is 9.59 Å². The molecule has 1 N–H and O–H groups in total. The highest BCUT2D eigenvalue weighted by atomic mass is 16.5. The summed E-state index contributed by atoms with van der Waals surface area (Å²) in [5.41, 5.74) is 0.518. The van der Waals surface area contributed by atoms with Crippen molar-refractivity contribution in [1.82, 2.24) is 4.98 Å². The highest BCUT2D eigenvalue weighted by molar-refractivity contribution is 5.96. The van der Waals surface area contributed by atoms with Crippen LogP contribution in [0.5, 0.6) is 0 Å². The van der Waals surface area contributed by atoms with Gasteiger partial charge in [-0.15, -0.1) is 0 Å². The van der Waals surface area contributed by atoms with Crippen LogP contribution < -0.4 is 0 Å². The highest BCUT2D eigenvalue weighted by Crippen LogP contribution is 2.24. The number of aromatic amines is 1. The van der Waals surface area contributed by atoms with E-state index in [0.29, 0.717) is 5.69 Å². The first-order chi connectivity index (χ1) is 9.51. The van der Waals surface area contributed by atoms with Crippen LogP contribution in [-0.4, -0.2) is 23.3 Å². The van der Waals surface area contributed by atoms with Crippen LogP contribution in [0.2, 0.25) is 0 Å². The molecule has 0 saturated heterocycles. The molecule has 0 atom stereocenters. The third kappa shape index (κ3) is 2.96. The zero-order valence-electron chi connectivity index (χ0n) is 11.6. The van der Waals surface area contributed by atoms with Crippen molar-refractivity contribution in [2.45, 2.75) is 19.3 Å². The Hall–Kier alpha value is -2.36. The highest BCUT2D eigenvalue weighted by Gasteiger charge is 2.31. The van der Waals surface area contributed by atoms with E-state index in [1.165, 1.54) is 0 Å². The van der Waals surface area contributed by atoms with Gasteiger partial charge in [0, 0.05) is 6.20 Å². The van der Waals surface area contributed by atoms with Gasteiger partial charge in [0.15, 0.2) is 6.61 Å². The van der Waals surface area contributed by atoms with Crippen molar-refractivity contribution in [2.75, 3.05) is 6.61 Å². The topological polar surface area (TPSA) is 59.2 Å². The summed E-state index contributed by atoms with van der Waals surface area (Å²) >= 11 is 0. The Bertz CT molecular complexity index is 585. The second-order valence-corrected chi connectivity index (χ2v) is 5.07. The summed E-state index contributed by atoms with van der Waals surface area (Å²) in [5, 5.41) is 0. The molecule has 0 saturated carbocycles. The Balaban J connectivity index is 2.00. The number of ketones is 1. The van der Waals surface area contributed by atoms with E-state index < -0.39 is 11.4 Å². The van der Waals surface area contributed by atoms with Gasteiger partial charge in [-0.1, -0.05) is 30.3 Å². The van der Waals surface area contributed by atoms with Crippen LogP contribution in [0.15, 0.2) is 48.7 Å². The van der Waals surface area contributed by atoms with Gasteiger partial charge in [0.1, 0.15) is 0 Å². The van der Waals surface area contributed by atoms with Crippen LogP contribution in [0.1, 0.15) is 29.9 Å². The number of nitrogens with one attached hydrogen (secondary N) is 1. The Morgan fingerprint density at radius 2 is 1.80 bits per heavy atom. The maximum absolute atomic E-state index is 12.2. The molecule has 0 aliphatic rings. The molecule has 1 heterocycles. The van der Waals surface area contributed by atoms with Crippen LogP contribution in [-0.2, 0) is 14.9 Å². The van der Waals surface area contributed by atoms with Gasteiger partial charge >= 0.3 is 5.97 Å². The molecule has 0 bridgehead atoms.